The standard InChI is InChI=1S/C20H30FN3O2/c1-2-12-22-19(25)13-23-20(26)15-24(18-6-4-3-5-7-18)14-16-8-10-17(21)11-9-16/h8-11,18H,2-7,12-15H2,1H3,(H,22,25)(H,23,26). The van der Waals surface area contributed by atoms with Gasteiger partial charge in [0.25, 0.3) is 0 Å². The molecule has 2 amide bonds. The van der Waals surface area contributed by atoms with Gasteiger partial charge >= 0.3 is 0 Å². The minimum absolute atomic E-state index is 0.00783. The van der Waals surface area contributed by atoms with Gasteiger partial charge in [-0.05, 0) is 37.0 Å². The van der Waals surface area contributed by atoms with Gasteiger partial charge in [0.05, 0.1) is 13.1 Å². The van der Waals surface area contributed by atoms with E-state index in [9.17, 15) is 14.0 Å². The first-order valence-electron chi connectivity index (χ1n) is 9.60. The number of hydrogen-bond donors (Lipinski definition) is 2. The first kappa shape index (κ1) is 20.4. The molecule has 1 aliphatic carbocycles. The van der Waals surface area contributed by atoms with Crippen molar-refractivity contribution >= 4 is 11.8 Å². The fraction of sp³-hybridized carbons (Fsp3) is 0.600. The smallest absolute Gasteiger partial charge is 0.239 e. The second-order valence-electron chi connectivity index (χ2n) is 6.95. The van der Waals surface area contributed by atoms with Crippen molar-refractivity contribution in [2.75, 3.05) is 19.6 Å². The van der Waals surface area contributed by atoms with Gasteiger partial charge in [0, 0.05) is 19.1 Å². The fourth-order valence-electron chi connectivity index (χ4n) is 3.33. The highest BCUT2D eigenvalue weighted by Crippen LogP contribution is 2.24. The minimum atomic E-state index is -0.256. The molecule has 0 saturated heterocycles. The molecule has 2 rings (SSSR count). The second-order valence-corrected chi connectivity index (χ2v) is 6.95. The molecule has 1 aromatic carbocycles. The van der Waals surface area contributed by atoms with Crippen LogP contribution in [0.5, 0.6) is 0 Å². The number of carbonyl (C=O) groups is 2. The van der Waals surface area contributed by atoms with E-state index in [-0.39, 0.29) is 30.7 Å². The highest BCUT2D eigenvalue weighted by atomic mass is 19.1. The predicted molar refractivity (Wildman–Crippen MR) is 100.0 cm³/mol. The summed E-state index contributed by atoms with van der Waals surface area (Å²) in [5.74, 6) is -0.568. The van der Waals surface area contributed by atoms with E-state index in [1.807, 2.05) is 6.92 Å². The number of rotatable bonds is 9. The summed E-state index contributed by atoms with van der Waals surface area (Å²) in [6.45, 7) is 3.47. The predicted octanol–water partition coefficient (Wildman–Crippen LogP) is 2.60. The van der Waals surface area contributed by atoms with Gasteiger partial charge in [0.1, 0.15) is 5.82 Å². The summed E-state index contributed by atoms with van der Waals surface area (Å²) >= 11 is 0. The Bertz CT molecular complexity index is 571. The number of nitrogens with one attached hydrogen (secondary N) is 2. The maximum Gasteiger partial charge on any atom is 0.239 e. The Hall–Kier alpha value is -1.95. The molecule has 6 heteroatoms. The molecule has 144 valence electrons. The lowest BCUT2D eigenvalue weighted by Gasteiger charge is -2.34. The van der Waals surface area contributed by atoms with Crippen LogP contribution < -0.4 is 10.6 Å². The Morgan fingerprint density at radius 2 is 1.77 bits per heavy atom. The highest BCUT2D eigenvalue weighted by Gasteiger charge is 2.23. The van der Waals surface area contributed by atoms with E-state index in [2.05, 4.69) is 15.5 Å². The summed E-state index contributed by atoms with van der Waals surface area (Å²) in [7, 11) is 0. The quantitative estimate of drug-likeness (QED) is 0.709. The third-order valence-corrected chi connectivity index (χ3v) is 4.75. The van der Waals surface area contributed by atoms with E-state index < -0.39 is 0 Å². The van der Waals surface area contributed by atoms with Gasteiger partial charge in [0.15, 0.2) is 0 Å². The molecule has 1 fully saturated rings. The summed E-state index contributed by atoms with van der Waals surface area (Å²) in [6, 6.07) is 6.79. The van der Waals surface area contributed by atoms with E-state index in [0.717, 1.165) is 24.8 Å². The van der Waals surface area contributed by atoms with E-state index in [1.54, 1.807) is 12.1 Å². The molecule has 0 aliphatic heterocycles. The van der Waals surface area contributed by atoms with E-state index in [1.165, 1.54) is 31.4 Å². The monoisotopic (exact) mass is 363 g/mol. The molecule has 0 spiro atoms. The van der Waals surface area contributed by atoms with Gasteiger partial charge in [-0.3, -0.25) is 14.5 Å². The summed E-state index contributed by atoms with van der Waals surface area (Å²) < 4.78 is 13.1. The average molecular weight is 363 g/mol. The second kappa shape index (κ2) is 10.9. The van der Waals surface area contributed by atoms with Crippen LogP contribution in [0.1, 0.15) is 51.0 Å². The van der Waals surface area contributed by atoms with Crippen molar-refractivity contribution in [3.63, 3.8) is 0 Å². The molecule has 2 N–H and O–H groups in total. The summed E-state index contributed by atoms with van der Waals surface area (Å²) in [6.07, 6.45) is 6.60. The van der Waals surface area contributed by atoms with Gasteiger partial charge in [0.2, 0.25) is 11.8 Å². The Morgan fingerprint density at radius 3 is 2.42 bits per heavy atom. The Balaban J connectivity index is 1.91. The van der Waals surface area contributed by atoms with Crippen molar-refractivity contribution in [3.8, 4) is 0 Å². The molecule has 0 unspecified atom stereocenters. The Kier molecular flexibility index (Phi) is 8.54. The lowest BCUT2D eigenvalue weighted by Crippen LogP contribution is -2.45. The van der Waals surface area contributed by atoms with Gasteiger partial charge in [-0.15, -0.1) is 0 Å². The van der Waals surface area contributed by atoms with Crippen LogP contribution in [0.3, 0.4) is 0 Å². The zero-order chi connectivity index (χ0) is 18.8. The molecule has 5 nitrogen and oxygen atoms in total. The maximum absolute atomic E-state index is 13.1. The summed E-state index contributed by atoms with van der Waals surface area (Å²) in [4.78, 5) is 26.1. The Morgan fingerprint density at radius 1 is 1.08 bits per heavy atom. The zero-order valence-electron chi connectivity index (χ0n) is 15.6. The third kappa shape index (κ3) is 7.12. The maximum atomic E-state index is 13.1. The van der Waals surface area contributed by atoms with Crippen LogP contribution in [0.4, 0.5) is 4.39 Å². The minimum Gasteiger partial charge on any atom is -0.355 e. The number of carbonyl (C=O) groups excluding carboxylic acids is 2. The molecular formula is C20H30FN3O2. The number of nitrogens with zero attached hydrogens (tertiary/aromatic N) is 1. The van der Waals surface area contributed by atoms with E-state index in [4.69, 9.17) is 0 Å². The lowest BCUT2D eigenvalue weighted by atomic mass is 9.93. The largest absolute Gasteiger partial charge is 0.355 e. The van der Waals surface area contributed by atoms with Crippen LogP contribution in [-0.2, 0) is 16.1 Å². The van der Waals surface area contributed by atoms with Crippen LogP contribution >= 0.6 is 0 Å². The zero-order valence-corrected chi connectivity index (χ0v) is 15.6. The van der Waals surface area contributed by atoms with Gasteiger partial charge in [-0.1, -0.05) is 38.3 Å². The molecule has 0 heterocycles. The molecular weight excluding hydrogens is 333 g/mol. The highest BCUT2D eigenvalue weighted by molar-refractivity contribution is 5.85. The number of benzene rings is 1. The topological polar surface area (TPSA) is 61.4 Å². The molecule has 1 saturated carbocycles. The van der Waals surface area contributed by atoms with E-state index >= 15 is 0 Å². The van der Waals surface area contributed by atoms with Crippen LogP contribution in [0.25, 0.3) is 0 Å². The van der Waals surface area contributed by atoms with Crippen LogP contribution in [0.2, 0.25) is 0 Å². The summed E-state index contributed by atoms with van der Waals surface area (Å²) in [5.41, 5.74) is 0.991. The van der Waals surface area contributed by atoms with Crippen LogP contribution in [0.15, 0.2) is 24.3 Å². The van der Waals surface area contributed by atoms with Crippen molar-refractivity contribution in [2.24, 2.45) is 0 Å². The lowest BCUT2D eigenvalue weighted by molar-refractivity contribution is -0.127. The van der Waals surface area contributed by atoms with Crippen LogP contribution in [0, 0.1) is 5.82 Å². The number of halogens is 1. The molecule has 1 aliphatic rings. The molecule has 26 heavy (non-hydrogen) atoms. The number of hydrogen-bond acceptors (Lipinski definition) is 3. The van der Waals surface area contributed by atoms with Crippen LogP contribution in [-0.4, -0.2) is 42.4 Å². The number of amides is 2. The molecule has 0 atom stereocenters. The average Bonchev–Trinajstić information content (AvgIpc) is 2.66. The fourth-order valence-corrected chi connectivity index (χ4v) is 3.33. The van der Waals surface area contributed by atoms with Gasteiger partial charge in [-0.2, -0.15) is 0 Å². The van der Waals surface area contributed by atoms with Crippen molar-refractivity contribution in [2.45, 2.75) is 58.0 Å². The van der Waals surface area contributed by atoms with Crippen molar-refractivity contribution < 1.29 is 14.0 Å². The third-order valence-electron chi connectivity index (χ3n) is 4.75. The van der Waals surface area contributed by atoms with Crippen molar-refractivity contribution in [3.05, 3.63) is 35.6 Å². The molecule has 0 bridgehead atoms. The Labute approximate surface area is 155 Å². The first-order chi connectivity index (χ1) is 12.6. The van der Waals surface area contributed by atoms with Crippen molar-refractivity contribution in [1.82, 2.24) is 15.5 Å². The molecule has 1 aromatic rings. The van der Waals surface area contributed by atoms with Crippen molar-refractivity contribution in [1.29, 1.82) is 0 Å². The first-order valence-corrected chi connectivity index (χ1v) is 9.60. The molecule has 0 radical (unpaired) electrons. The van der Waals surface area contributed by atoms with Gasteiger partial charge < -0.3 is 10.6 Å². The SMILES string of the molecule is CCCNC(=O)CNC(=O)CN(Cc1ccc(F)cc1)C1CCCCC1. The van der Waals surface area contributed by atoms with E-state index in [0.29, 0.717) is 19.1 Å². The summed E-state index contributed by atoms with van der Waals surface area (Å²) in [5, 5.41) is 5.45. The van der Waals surface area contributed by atoms with Gasteiger partial charge in [-0.25, -0.2) is 4.39 Å². The normalized spacial score (nSPS) is 15.0. The molecule has 0 aromatic heterocycles.